The molecular formula is C14H12FN3. The lowest BCUT2D eigenvalue weighted by molar-refractivity contribution is 0.622. The Bertz CT molecular complexity index is 576. The van der Waals surface area contributed by atoms with E-state index in [4.69, 9.17) is 0 Å². The molecule has 4 heteroatoms. The third-order valence-corrected chi connectivity index (χ3v) is 2.35. The highest BCUT2D eigenvalue weighted by molar-refractivity contribution is 5.64. The molecule has 0 aliphatic heterocycles. The van der Waals surface area contributed by atoms with Crippen molar-refractivity contribution in [3.8, 4) is 0 Å². The Labute approximate surface area is 105 Å². The number of hydrogen-bond acceptors (Lipinski definition) is 3. The van der Waals surface area contributed by atoms with Crippen LogP contribution in [0.1, 0.15) is 11.3 Å². The van der Waals surface area contributed by atoms with Gasteiger partial charge in [-0.1, -0.05) is 19.2 Å². The molecule has 2 aromatic rings. The lowest BCUT2D eigenvalue weighted by Gasteiger charge is -2.07. The van der Waals surface area contributed by atoms with Gasteiger partial charge in [0.1, 0.15) is 17.5 Å². The average Bonchev–Trinajstić information content (AvgIpc) is 2.41. The minimum Gasteiger partial charge on any atom is -0.325 e. The van der Waals surface area contributed by atoms with Crippen LogP contribution in [-0.4, -0.2) is 9.97 Å². The first kappa shape index (κ1) is 12.0. The van der Waals surface area contributed by atoms with Gasteiger partial charge in [0, 0.05) is 0 Å². The summed E-state index contributed by atoms with van der Waals surface area (Å²) in [6.45, 7) is 7.40. The topological polar surface area (TPSA) is 37.8 Å². The molecule has 0 amide bonds. The van der Waals surface area contributed by atoms with E-state index in [1.807, 2.05) is 6.07 Å². The van der Waals surface area contributed by atoms with Crippen molar-refractivity contribution in [1.29, 1.82) is 0 Å². The van der Waals surface area contributed by atoms with E-state index in [0.717, 1.165) is 17.5 Å². The Hall–Kier alpha value is -2.49. The molecule has 0 aromatic carbocycles. The van der Waals surface area contributed by atoms with Gasteiger partial charge in [-0.15, -0.1) is 0 Å². The Balaban J connectivity index is 2.26. The van der Waals surface area contributed by atoms with Crippen molar-refractivity contribution in [2.45, 2.75) is 0 Å². The second-order valence-corrected chi connectivity index (χ2v) is 3.57. The molecule has 0 aliphatic carbocycles. The molecule has 0 radical (unpaired) electrons. The highest BCUT2D eigenvalue weighted by Crippen LogP contribution is 2.17. The van der Waals surface area contributed by atoms with Crippen molar-refractivity contribution >= 4 is 23.8 Å². The number of halogens is 1. The fourth-order valence-corrected chi connectivity index (χ4v) is 1.47. The summed E-state index contributed by atoms with van der Waals surface area (Å²) >= 11 is 0. The largest absolute Gasteiger partial charge is 0.325 e. The minimum absolute atomic E-state index is 0.373. The number of pyridine rings is 2. The summed E-state index contributed by atoms with van der Waals surface area (Å²) in [5, 5.41) is 2.99. The first-order chi connectivity index (χ1) is 8.72. The second-order valence-electron chi connectivity index (χ2n) is 3.57. The highest BCUT2D eigenvalue weighted by atomic mass is 19.1. The molecule has 3 nitrogen and oxygen atoms in total. The SMILES string of the molecule is C=Cc1ccc(Nc2ccc(F)cn2)nc1C=C. The fourth-order valence-electron chi connectivity index (χ4n) is 1.47. The van der Waals surface area contributed by atoms with Crippen LogP contribution in [0.4, 0.5) is 16.0 Å². The van der Waals surface area contributed by atoms with Crippen molar-refractivity contribution in [2.75, 3.05) is 5.32 Å². The van der Waals surface area contributed by atoms with Gasteiger partial charge in [0.2, 0.25) is 0 Å². The summed E-state index contributed by atoms with van der Waals surface area (Å²) in [5.41, 5.74) is 1.64. The van der Waals surface area contributed by atoms with Crippen LogP contribution in [0, 0.1) is 5.82 Å². The van der Waals surface area contributed by atoms with E-state index >= 15 is 0 Å². The third-order valence-electron chi connectivity index (χ3n) is 2.35. The number of nitrogens with one attached hydrogen (secondary N) is 1. The maximum absolute atomic E-state index is 12.7. The zero-order valence-electron chi connectivity index (χ0n) is 9.73. The van der Waals surface area contributed by atoms with E-state index in [9.17, 15) is 4.39 Å². The highest BCUT2D eigenvalue weighted by Gasteiger charge is 2.01. The molecule has 0 atom stereocenters. The van der Waals surface area contributed by atoms with E-state index in [2.05, 4.69) is 28.4 Å². The predicted octanol–water partition coefficient (Wildman–Crippen LogP) is 3.65. The lowest BCUT2D eigenvalue weighted by atomic mass is 10.2. The van der Waals surface area contributed by atoms with Crippen LogP contribution in [0.5, 0.6) is 0 Å². The molecule has 0 saturated heterocycles. The second kappa shape index (κ2) is 5.23. The van der Waals surface area contributed by atoms with Crippen molar-refractivity contribution in [2.24, 2.45) is 0 Å². The number of hydrogen-bond donors (Lipinski definition) is 1. The smallest absolute Gasteiger partial charge is 0.141 e. The summed E-state index contributed by atoms with van der Waals surface area (Å²) in [4.78, 5) is 8.25. The van der Waals surface area contributed by atoms with Crippen molar-refractivity contribution in [3.63, 3.8) is 0 Å². The maximum atomic E-state index is 12.7. The molecule has 0 unspecified atom stereocenters. The van der Waals surface area contributed by atoms with Gasteiger partial charge in [-0.2, -0.15) is 0 Å². The van der Waals surface area contributed by atoms with Crippen LogP contribution >= 0.6 is 0 Å². The molecule has 0 aliphatic rings. The third kappa shape index (κ3) is 2.60. The van der Waals surface area contributed by atoms with Crippen LogP contribution in [0.3, 0.4) is 0 Å². The maximum Gasteiger partial charge on any atom is 0.141 e. The lowest BCUT2D eigenvalue weighted by Crippen LogP contribution is -1.98. The van der Waals surface area contributed by atoms with E-state index in [-0.39, 0.29) is 5.82 Å². The molecular weight excluding hydrogens is 229 g/mol. The van der Waals surface area contributed by atoms with Gasteiger partial charge >= 0.3 is 0 Å². The molecule has 18 heavy (non-hydrogen) atoms. The predicted molar refractivity (Wildman–Crippen MR) is 71.9 cm³/mol. The van der Waals surface area contributed by atoms with Crippen molar-refractivity contribution in [1.82, 2.24) is 9.97 Å². The average molecular weight is 241 g/mol. The molecule has 0 fully saturated rings. The molecule has 2 heterocycles. The van der Waals surface area contributed by atoms with Crippen LogP contribution in [0.2, 0.25) is 0 Å². The number of anilines is 2. The van der Waals surface area contributed by atoms with Gasteiger partial charge in [0.25, 0.3) is 0 Å². The molecule has 0 saturated carbocycles. The van der Waals surface area contributed by atoms with Gasteiger partial charge in [0.15, 0.2) is 0 Å². The standard InChI is InChI=1S/C14H12FN3/c1-3-10-5-7-14(17-12(10)4-2)18-13-8-6-11(15)9-16-13/h3-9H,1-2H2,(H,16,17,18). The van der Waals surface area contributed by atoms with E-state index in [1.165, 1.54) is 6.07 Å². The summed E-state index contributed by atoms with van der Waals surface area (Å²) in [7, 11) is 0. The monoisotopic (exact) mass is 241 g/mol. The molecule has 0 bridgehead atoms. The van der Waals surface area contributed by atoms with Gasteiger partial charge in [-0.05, 0) is 35.9 Å². The molecule has 90 valence electrons. The first-order valence-electron chi connectivity index (χ1n) is 5.37. The number of aromatic nitrogens is 2. The summed E-state index contributed by atoms with van der Waals surface area (Å²) in [5.74, 6) is 0.780. The molecule has 0 spiro atoms. The van der Waals surface area contributed by atoms with E-state index in [0.29, 0.717) is 11.6 Å². The Morgan fingerprint density at radius 3 is 2.44 bits per heavy atom. The quantitative estimate of drug-likeness (QED) is 0.887. The Morgan fingerprint density at radius 2 is 1.83 bits per heavy atom. The summed E-state index contributed by atoms with van der Waals surface area (Å²) < 4.78 is 12.7. The Morgan fingerprint density at radius 1 is 1.06 bits per heavy atom. The summed E-state index contributed by atoms with van der Waals surface area (Å²) in [6.07, 6.45) is 4.51. The zero-order chi connectivity index (χ0) is 13.0. The summed E-state index contributed by atoms with van der Waals surface area (Å²) in [6, 6.07) is 6.56. The fraction of sp³-hybridized carbons (Fsp3) is 0. The van der Waals surface area contributed by atoms with Gasteiger partial charge in [-0.3, -0.25) is 0 Å². The minimum atomic E-state index is -0.373. The van der Waals surface area contributed by atoms with Crippen LogP contribution in [-0.2, 0) is 0 Å². The van der Waals surface area contributed by atoms with Crippen LogP contribution in [0.15, 0.2) is 43.6 Å². The first-order valence-corrected chi connectivity index (χ1v) is 5.37. The van der Waals surface area contributed by atoms with Crippen LogP contribution < -0.4 is 5.32 Å². The van der Waals surface area contributed by atoms with Gasteiger partial charge < -0.3 is 5.32 Å². The number of nitrogens with zero attached hydrogens (tertiary/aromatic N) is 2. The van der Waals surface area contributed by atoms with E-state index < -0.39 is 0 Å². The van der Waals surface area contributed by atoms with Crippen molar-refractivity contribution < 1.29 is 4.39 Å². The zero-order valence-corrected chi connectivity index (χ0v) is 9.73. The van der Waals surface area contributed by atoms with Crippen molar-refractivity contribution in [3.05, 3.63) is 60.7 Å². The molecule has 2 aromatic heterocycles. The molecule has 1 N–H and O–H groups in total. The van der Waals surface area contributed by atoms with Gasteiger partial charge in [-0.25, -0.2) is 14.4 Å². The van der Waals surface area contributed by atoms with E-state index in [1.54, 1.807) is 24.3 Å². The normalized spacial score (nSPS) is 9.83. The number of rotatable bonds is 4. The Kier molecular flexibility index (Phi) is 3.48. The van der Waals surface area contributed by atoms with Gasteiger partial charge in [0.05, 0.1) is 11.9 Å². The van der Waals surface area contributed by atoms with Crippen LogP contribution in [0.25, 0.3) is 12.2 Å². The molecule has 2 rings (SSSR count).